The van der Waals surface area contributed by atoms with E-state index in [0.29, 0.717) is 0 Å². The predicted molar refractivity (Wildman–Crippen MR) is 279 cm³/mol. The second-order valence-electron chi connectivity index (χ2n) is 17.8. The van der Waals surface area contributed by atoms with Crippen molar-refractivity contribution < 1.29 is 0 Å². The van der Waals surface area contributed by atoms with Gasteiger partial charge in [-0.05, 0) is 106 Å². The molecule has 1 aliphatic carbocycles. The van der Waals surface area contributed by atoms with Crippen LogP contribution in [0.5, 0.6) is 0 Å². The summed E-state index contributed by atoms with van der Waals surface area (Å²) in [4.78, 5) is 5.08. The van der Waals surface area contributed by atoms with E-state index >= 15 is 0 Å². The zero-order valence-electron chi connectivity index (χ0n) is 38.2. The molecule has 1 aliphatic rings. The Bertz CT molecular complexity index is 2130. The van der Waals surface area contributed by atoms with Gasteiger partial charge in [0.2, 0.25) is 0 Å². The monoisotopic (exact) mass is 866 g/mol. The van der Waals surface area contributed by atoms with Crippen LogP contribution in [0.3, 0.4) is 0 Å². The Morgan fingerprint density at radius 3 is 1.03 bits per heavy atom. The number of benzene rings is 6. The summed E-state index contributed by atoms with van der Waals surface area (Å²) < 4.78 is 0. The van der Waals surface area contributed by atoms with Gasteiger partial charge in [0.05, 0.1) is 0 Å². The molecule has 0 N–H and O–H groups in total. The number of rotatable bonds is 26. The van der Waals surface area contributed by atoms with Crippen LogP contribution < -0.4 is 0 Å². The molecule has 326 valence electrons. The van der Waals surface area contributed by atoms with E-state index in [4.69, 9.17) is 0 Å². The standard InChI is InChI=1S/C61H70S2/c1-3-5-7-9-11-13-15-23-45-61(46-24-16-14-12-10-8-6-4-2)59-47-51(31-29-49-33-39-55(40-34-49)62-53-25-19-17-20-26-53)37-43-57(59)58-44-38-52(48-60(58)61)32-30-50-35-41-56(42-36-50)63-54-27-21-18-22-28-54/h17-22,25-44,47-48H,3-16,23-24,45-46H2,1-2H3/b31-29+,32-30+. The molecule has 0 saturated heterocycles. The zero-order valence-corrected chi connectivity index (χ0v) is 39.8. The number of fused-ring (bicyclic) bond motifs is 3. The van der Waals surface area contributed by atoms with Crippen LogP contribution >= 0.6 is 23.5 Å². The SMILES string of the molecule is CCCCCCCCCCC1(CCCCCCCCCC)c2cc(/C=C/c3ccc(Sc4ccccc4)cc3)ccc2-c2ccc(/C=C/c3ccc(Sc4ccccc4)cc3)cc21. The van der Waals surface area contributed by atoms with Gasteiger partial charge in [-0.1, -0.05) is 261 Å². The van der Waals surface area contributed by atoms with Crippen LogP contribution in [-0.4, -0.2) is 0 Å². The Kier molecular flexibility index (Phi) is 18.5. The molecule has 0 bridgehead atoms. The van der Waals surface area contributed by atoms with Crippen LogP contribution in [0.25, 0.3) is 35.4 Å². The predicted octanol–water partition coefficient (Wildman–Crippen LogP) is 19.7. The third-order valence-corrected chi connectivity index (χ3v) is 15.0. The van der Waals surface area contributed by atoms with Gasteiger partial charge in [0, 0.05) is 25.0 Å². The first-order chi connectivity index (χ1) is 31.1. The van der Waals surface area contributed by atoms with Gasteiger partial charge in [-0.3, -0.25) is 0 Å². The van der Waals surface area contributed by atoms with E-state index in [-0.39, 0.29) is 5.41 Å². The summed E-state index contributed by atoms with van der Waals surface area (Å²) in [6, 6.07) is 54.1. The van der Waals surface area contributed by atoms with Crippen LogP contribution in [0, 0.1) is 0 Å². The van der Waals surface area contributed by atoms with Crippen LogP contribution in [0.1, 0.15) is 163 Å². The summed E-state index contributed by atoms with van der Waals surface area (Å²) in [5.41, 5.74) is 11.1. The molecule has 6 aromatic rings. The largest absolute Gasteiger partial charge is 0.0901 e. The molecule has 0 atom stereocenters. The number of hydrogen-bond acceptors (Lipinski definition) is 2. The van der Waals surface area contributed by atoms with Gasteiger partial charge in [0.15, 0.2) is 0 Å². The van der Waals surface area contributed by atoms with Crippen molar-refractivity contribution in [2.24, 2.45) is 0 Å². The second-order valence-corrected chi connectivity index (χ2v) is 20.1. The summed E-state index contributed by atoms with van der Waals surface area (Å²) in [6.07, 6.45) is 33.3. The Morgan fingerprint density at radius 1 is 0.333 bits per heavy atom. The molecule has 0 unspecified atom stereocenters. The first kappa shape index (κ1) is 46.5. The molecule has 0 radical (unpaired) electrons. The molecule has 63 heavy (non-hydrogen) atoms. The lowest BCUT2D eigenvalue weighted by atomic mass is 9.70. The van der Waals surface area contributed by atoms with Crippen LogP contribution in [0.4, 0.5) is 0 Å². The van der Waals surface area contributed by atoms with E-state index in [2.05, 4.69) is 184 Å². The molecule has 2 heteroatoms. The van der Waals surface area contributed by atoms with Gasteiger partial charge in [-0.15, -0.1) is 0 Å². The Balaban J connectivity index is 1.15. The van der Waals surface area contributed by atoms with Gasteiger partial charge in [-0.2, -0.15) is 0 Å². The van der Waals surface area contributed by atoms with Crippen LogP contribution in [-0.2, 0) is 5.41 Å². The van der Waals surface area contributed by atoms with Crippen molar-refractivity contribution in [3.63, 3.8) is 0 Å². The maximum absolute atomic E-state index is 2.57. The normalized spacial score (nSPS) is 12.9. The third kappa shape index (κ3) is 13.7. The minimum Gasteiger partial charge on any atom is -0.0901 e. The van der Waals surface area contributed by atoms with Gasteiger partial charge in [0.1, 0.15) is 0 Å². The highest BCUT2D eigenvalue weighted by Crippen LogP contribution is 2.55. The Morgan fingerprint density at radius 2 is 0.651 bits per heavy atom. The number of hydrogen-bond donors (Lipinski definition) is 0. The molecule has 0 fully saturated rings. The van der Waals surface area contributed by atoms with E-state index in [1.807, 2.05) is 23.5 Å². The van der Waals surface area contributed by atoms with Crippen molar-refractivity contribution in [3.8, 4) is 11.1 Å². The summed E-state index contributed by atoms with van der Waals surface area (Å²) in [5.74, 6) is 0. The fraction of sp³-hybridized carbons (Fsp3) is 0.344. The van der Waals surface area contributed by atoms with Gasteiger partial charge >= 0.3 is 0 Å². The summed E-state index contributed by atoms with van der Waals surface area (Å²) in [5, 5.41) is 0. The quantitative estimate of drug-likeness (QED) is 0.0393. The zero-order chi connectivity index (χ0) is 43.4. The Labute approximate surface area is 390 Å². The maximum atomic E-state index is 2.57. The molecule has 6 aromatic carbocycles. The highest BCUT2D eigenvalue weighted by Gasteiger charge is 2.42. The van der Waals surface area contributed by atoms with Crippen molar-refractivity contribution in [2.45, 2.75) is 154 Å². The lowest BCUT2D eigenvalue weighted by Crippen LogP contribution is -2.25. The average Bonchev–Trinajstić information content (AvgIpc) is 3.58. The van der Waals surface area contributed by atoms with Crippen LogP contribution in [0.2, 0.25) is 0 Å². The summed E-state index contributed by atoms with van der Waals surface area (Å²) >= 11 is 3.64. The molecule has 0 aliphatic heterocycles. The fourth-order valence-corrected chi connectivity index (χ4v) is 11.1. The molecular weight excluding hydrogens is 797 g/mol. The lowest BCUT2D eigenvalue weighted by Gasteiger charge is -2.33. The smallest absolute Gasteiger partial charge is 0.0215 e. The number of unbranched alkanes of at least 4 members (excludes halogenated alkanes) is 14. The van der Waals surface area contributed by atoms with Crippen molar-refractivity contribution in [1.29, 1.82) is 0 Å². The molecule has 0 nitrogen and oxygen atoms in total. The minimum absolute atomic E-state index is 0.0232. The lowest BCUT2D eigenvalue weighted by molar-refractivity contribution is 0.397. The molecule has 0 aromatic heterocycles. The Hall–Kier alpha value is -4.50. The van der Waals surface area contributed by atoms with E-state index in [9.17, 15) is 0 Å². The van der Waals surface area contributed by atoms with Crippen molar-refractivity contribution in [1.82, 2.24) is 0 Å². The van der Waals surface area contributed by atoms with Crippen molar-refractivity contribution in [3.05, 3.63) is 179 Å². The van der Waals surface area contributed by atoms with E-state index in [1.54, 1.807) is 11.1 Å². The first-order valence-electron chi connectivity index (χ1n) is 24.4. The average molecular weight is 867 g/mol. The maximum Gasteiger partial charge on any atom is 0.0215 e. The van der Waals surface area contributed by atoms with Gasteiger partial charge in [-0.25, -0.2) is 0 Å². The topological polar surface area (TPSA) is 0 Å². The van der Waals surface area contributed by atoms with Gasteiger partial charge in [0.25, 0.3) is 0 Å². The van der Waals surface area contributed by atoms with Crippen molar-refractivity contribution in [2.75, 3.05) is 0 Å². The van der Waals surface area contributed by atoms with E-state index < -0.39 is 0 Å². The molecule has 0 amide bonds. The molecular formula is C61H70S2. The van der Waals surface area contributed by atoms with E-state index in [1.165, 1.54) is 169 Å². The molecule has 0 saturated carbocycles. The van der Waals surface area contributed by atoms with Crippen molar-refractivity contribution >= 4 is 47.8 Å². The fourth-order valence-electron chi connectivity index (χ4n) is 9.45. The minimum atomic E-state index is 0.0232. The highest BCUT2D eigenvalue weighted by atomic mass is 32.2. The first-order valence-corrected chi connectivity index (χ1v) is 26.1. The summed E-state index contributed by atoms with van der Waals surface area (Å²) in [7, 11) is 0. The molecule has 7 rings (SSSR count). The van der Waals surface area contributed by atoms with Crippen LogP contribution in [0.15, 0.2) is 165 Å². The second kappa shape index (κ2) is 25.1. The molecule has 0 heterocycles. The molecule has 0 spiro atoms. The van der Waals surface area contributed by atoms with Gasteiger partial charge < -0.3 is 0 Å². The highest BCUT2D eigenvalue weighted by molar-refractivity contribution is 7.99. The third-order valence-electron chi connectivity index (χ3n) is 13.0. The van der Waals surface area contributed by atoms with E-state index in [0.717, 1.165) is 0 Å². The summed E-state index contributed by atoms with van der Waals surface area (Å²) in [6.45, 7) is 4.64.